The summed E-state index contributed by atoms with van der Waals surface area (Å²) in [6.45, 7) is 9.61. The molecule has 48 heavy (non-hydrogen) atoms. The van der Waals surface area contributed by atoms with E-state index in [0.717, 1.165) is 59.3 Å². The van der Waals surface area contributed by atoms with Gasteiger partial charge in [0.1, 0.15) is 29.8 Å². The van der Waals surface area contributed by atoms with Crippen molar-refractivity contribution in [3.63, 3.8) is 0 Å². The van der Waals surface area contributed by atoms with Crippen LogP contribution in [-0.4, -0.2) is 69.8 Å². The molecule has 1 fully saturated rings. The fourth-order valence-electron chi connectivity index (χ4n) is 5.09. The second kappa shape index (κ2) is 17.6. The zero-order valence-corrected chi connectivity index (χ0v) is 28.7. The maximum Gasteiger partial charge on any atom is 0.495 e. The maximum atomic E-state index is 9.77. The molecule has 11 heteroatoms. The van der Waals surface area contributed by atoms with Crippen LogP contribution in [0, 0.1) is 0 Å². The van der Waals surface area contributed by atoms with Crippen LogP contribution in [0.25, 0.3) is 0 Å². The molecule has 0 spiro atoms. The number of benzene rings is 4. The molecule has 0 atom stereocenters. The van der Waals surface area contributed by atoms with Crippen LogP contribution < -0.4 is 20.4 Å². The van der Waals surface area contributed by atoms with E-state index in [-0.39, 0.29) is 6.79 Å². The van der Waals surface area contributed by atoms with Gasteiger partial charge in [-0.05, 0) is 111 Å². The van der Waals surface area contributed by atoms with Crippen molar-refractivity contribution in [2.24, 2.45) is 0 Å². The summed E-state index contributed by atoms with van der Waals surface area (Å²) in [7, 11) is 1.32. The Hall–Kier alpha value is -3.67. The third-order valence-corrected chi connectivity index (χ3v) is 8.33. The van der Waals surface area contributed by atoms with Crippen molar-refractivity contribution in [1.29, 1.82) is 0 Å². The van der Waals surface area contributed by atoms with Crippen molar-refractivity contribution in [2.45, 2.75) is 51.7 Å². The van der Waals surface area contributed by atoms with Gasteiger partial charge < -0.3 is 43.0 Å². The first-order chi connectivity index (χ1) is 23.1. The Morgan fingerprint density at radius 2 is 1.25 bits per heavy atom. The van der Waals surface area contributed by atoms with E-state index in [4.69, 9.17) is 38.0 Å². The molecule has 0 unspecified atom stereocenters. The topological polar surface area (TPSA) is 105 Å². The van der Waals surface area contributed by atoms with Crippen molar-refractivity contribution in [3.8, 4) is 23.0 Å². The molecule has 0 aliphatic carbocycles. The number of fused-ring (bicyclic) bond motifs is 1. The Balaban J connectivity index is 0.000000223. The smallest absolute Gasteiger partial charge is 0.457 e. The van der Waals surface area contributed by atoms with Crippen LogP contribution in [0.2, 0.25) is 0 Å². The predicted octanol–water partition coefficient (Wildman–Crippen LogP) is 5.29. The first kappa shape index (κ1) is 37.2. The molecule has 4 aromatic carbocycles. The Labute approximate surface area is 285 Å². The minimum Gasteiger partial charge on any atom is -0.457 e. The van der Waals surface area contributed by atoms with Crippen molar-refractivity contribution < 1.29 is 43.0 Å². The quantitative estimate of drug-likeness (QED) is 0.134. The predicted molar refractivity (Wildman–Crippen MR) is 189 cm³/mol. The first-order valence-electron chi connectivity index (χ1n) is 16.0. The fraction of sp³-hybridized carbons (Fsp3) is 0.351. The highest BCUT2D eigenvalue weighted by Gasteiger charge is 2.52. The Kier molecular flexibility index (Phi) is 13.7. The lowest BCUT2D eigenvalue weighted by molar-refractivity contribution is -0.0291. The summed E-state index contributed by atoms with van der Waals surface area (Å²) in [4.78, 5) is 0. The number of rotatable bonds is 10. The van der Waals surface area contributed by atoms with Gasteiger partial charge in [-0.25, -0.2) is 0 Å². The lowest BCUT2D eigenvalue weighted by atomic mass is 9.73. The average molecular weight is 656 g/mol. The van der Waals surface area contributed by atoms with E-state index < -0.39 is 25.4 Å². The lowest BCUT2D eigenvalue weighted by Crippen LogP contribution is -2.41. The van der Waals surface area contributed by atoms with Gasteiger partial charge in [0.05, 0.1) is 17.8 Å². The molecule has 9 nitrogen and oxygen atoms in total. The maximum absolute atomic E-state index is 9.77. The normalized spacial score (nSPS) is 15.8. The van der Waals surface area contributed by atoms with E-state index in [2.05, 4.69) is 33.8 Å². The minimum atomic E-state index is -0.840. The van der Waals surface area contributed by atoms with Crippen molar-refractivity contribution in [3.05, 3.63) is 108 Å². The van der Waals surface area contributed by atoms with Gasteiger partial charge in [-0.2, -0.15) is 0 Å². The number of aliphatic hydroxyl groups excluding tert-OH is 1. The van der Waals surface area contributed by atoms with Gasteiger partial charge in [-0.1, -0.05) is 48.5 Å². The van der Waals surface area contributed by atoms with Crippen molar-refractivity contribution >= 4 is 25.2 Å². The molecule has 6 rings (SSSR count). The summed E-state index contributed by atoms with van der Waals surface area (Å²) in [6.07, 6.45) is 1.56. The van der Waals surface area contributed by atoms with E-state index in [9.17, 15) is 5.02 Å². The van der Waals surface area contributed by atoms with Gasteiger partial charge in [0.25, 0.3) is 0 Å². The highest BCUT2D eigenvalue weighted by atomic mass is 16.7. The average Bonchev–Trinajstić information content (AvgIpc) is 3.32. The molecule has 0 bridgehead atoms. The molecule has 1 saturated heterocycles. The molecule has 4 aromatic rings. The number of hydrogen-bond acceptors (Lipinski definition) is 9. The zero-order chi connectivity index (χ0) is 34.6. The molecule has 0 saturated carbocycles. The standard InChI is InChI=1S/C22H29BO5.C14H13BO3.CH4O/c1-21(2)22(3,4)28-23(27-21)20-15-19(26-18-9-7-6-8-10-18)12-11-17(20)13-14-25-16-24-5;16-15-14-10-13(7-6-11(14)8-9-17-15)18-12-4-2-1-3-5-12;1-2/h6-12,15H,13-14,16H2,1-5H3;1-7,10,16H,8-9H2;2H,1H3. The van der Waals surface area contributed by atoms with E-state index >= 15 is 0 Å². The highest BCUT2D eigenvalue weighted by Crippen LogP contribution is 2.37. The molecule has 0 radical (unpaired) electrons. The lowest BCUT2D eigenvalue weighted by Gasteiger charge is -2.32. The summed E-state index contributed by atoms with van der Waals surface area (Å²) < 4.78 is 39.9. The van der Waals surface area contributed by atoms with Gasteiger partial charge in [0.2, 0.25) is 0 Å². The number of hydrogen-bond donors (Lipinski definition) is 2. The first-order valence-corrected chi connectivity index (χ1v) is 16.0. The summed E-state index contributed by atoms with van der Waals surface area (Å²) in [5, 5.41) is 16.8. The highest BCUT2D eigenvalue weighted by molar-refractivity contribution is 6.62. The molecule has 2 N–H and O–H groups in total. The molecular formula is C37H46B2O9. The SMILES string of the molecule is CO.COCOCCc1ccc(Oc2ccccc2)cc1B1OC(C)(C)C(C)(C)O1.OB1OCCc2ccc(Oc3ccccc3)cc21. The molecular weight excluding hydrogens is 610 g/mol. The number of ether oxygens (including phenoxy) is 4. The minimum absolute atomic E-state index is 0.279. The van der Waals surface area contributed by atoms with Gasteiger partial charge in [-0.3, -0.25) is 0 Å². The molecule has 2 aliphatic heterocycles. The van der Waals surface area contributed by atoms with Gasteiger partial charge in [0.15, 0.2) is 0 Å². The third kappa shape index (κ3) is 9.93. The second-order valence-corrected chi connectivity index (χ2v) is 12.2. The van der Waals surface area contributed by atoms with Crippen molar-refractivity contribution in [1.82, 2.24) is 0 Å². The van der Waals surface area contributed by atoms with Crippen LogP contribution in [0.5, 0.6) is 23.0 Å². The molecule has 254 valence electrons. The molecule has 2 heterocycles. The molecule has 0 aromatic heterocycles. The Morgan fingerprint density at radius 3 is 1.81 bits per heavy atom. The van der Waals surface area contributed by atoms with Gasteiger partial charge >= 0.3 is 14.2 Å². The summed E-state index contributed by atoms with van der Waals surface area (Å²) >= 11 is 0. The second-order valence-electron chi connectivity index (χ2n) is 12.2. The Bertz CT molecular complexity index is 1540. The van der Waals surface area contributed by atoms with Crippen molar-refractivity contribution in [2.75, 3.05) is 34.2 Å². The third-order valence-electron chi connectivity index (χ3n) is 8.33. The summed E-state index contributed by atoms with van der Waals surface area (Å²) in [6, 6.07) is 31.1. The number of aliphatic hydroxyl groups is 1. The van der Waals surface area contributed by atoms with E-state index in [1.807, 2.05) is 91.0 Å². The Morgan fingerprint density at radius 1 is 0.708 bits per heavy atom. The summed E-state index contributed by atoms with van der Waals surface area (Å²) in [5.41, 5.74) is 3.18. The van der Waals surface area contributed by atoms with Crippen LogP contribution in [0.3, 0.4) is 0 Å². The van der Waals surface area contributed by atoms with Crippen LogP contribution >= 0.6 is 0 Å². The van der Waals surface area contributed by atoms with E-state index in [1.54, 1.807) is 7.11 Å². The molecule has 0 amide bonds. The molecule has 2 aliphatic rings. The van der Waals surface area contributed by atoms with Gasteiger partial charge in [0, 0.05) is 20.8 Å². The van der Waals surface area contributed by atoms with Gasteiger partial charge in [-0.15, -0.1) is 0 Å². The zero-order valence-electron chi connectivity index (χ0n) is 28.7. The largest absolute Gasteiger partial charge is 0.495 e. The number of methoxy groups -OCH3 is 1. The van der Waals surface area contributed by atoms with E-state index in [1.165, 1.54) is 0 Å². The summed E-state index contributed by atoms with van der Waals surface area (Å²) in [5.74, 6) is 3.03. The van der Waals surface area contributed by atoms with Crippen LogP contribution in [-0.2, 0) is 36.3 Å². The number of para-hydroxylation sites is 2. The van der Waals surface area contributed by atoms with Crippen LogP contribution in [0.1, 0.15) is 38.8 Å². The van der Waals surface area contributed by atoms with E-state index in [0.29, 0.717) is 19.0 Å². The van der Waals surface area contributed by atoms with Crippen LogP contribution in [0.15, 0.2) is 97.1 Å². The monoisotopic (exact) mass is 656 g/mol. The van der Waals surface area contributed by atoms with Crippen LogP contribution in [0.4, 0.5) is 0 Å². The fourth-order valence-corrected chi connectivity index (χ4v) is 5.09.